The molecule has 3 aromatic heterocycles. The highest BCUT2D eigenvalue weighted by Gasteiger charge is 2.41. The monoisotopic (exact) mass is 291 g/mol. The summed E-state index contributed by atoms with van der Waals surface area (Å²) in [4.78, 5) is 0. The second-order valence-corrected chi connectivity index (χ2v) is 4.42. The summed E-state index contributed by atoms with van der Waals surface area (Å²) in [6.45, 7) is 0. The fourth-order valence-corrected chi connectivity index (χ4v) is 1.82. The minimum absolute atomic E-state index is 0.0277. The summed E-state index contributed by atoms with van der Waals surface area (Å²) in [5, 5.41) is 14.0. The molecule has 0 spiro atoms. The Morgan fingerprint density at radius 3 is 2.55 bits per heavy atom. The van der Waals surface area contributed by atoms with Crippen molar-refractivity contribution < 1.29 is 8.78 Å². The molecule has 20 heavy (non-hydrogen) atoms. The van der Waals surface area contributed by atoms with Crippen LogP contribution in [0.2, 0.25) is 5.15 Å². The lowest BCUT2D eigenvalue weighted by Gasteiger charge is -2.13. The molecule has 9 heteroatoms. The van der Waals surface area contributed by atoms with Crippen molar-refractivity contribution in [1.29, 1.82) is 0 Å². The van der Waals surface area contributed by atoms with Crippen LogP contribution in [0.3, 0.4) is 0 Å². The molecule has 3 rings (SSSR count). The second-order valence-electron chi connectivity index (χ2n) is 4.03. The van der Waals surface area contributed by atoms with Crippen LogP contribution in [0.25, 0.3) is 5.65 Å². The third kappa shape index (κ3) is 2.02. The van der Waals surface area contributed by atoms with Crippen molar-refractivity contribution in [3.63, 3.8) is 0 Å². The number of halogens is 3. The Labute approximate surface area is 118 Å². The fraction of sp³-hybridized carbons (Fsp3) is 0.0909. The standard InChI is InChI=1S/C11H5BClF2N5/c12-6-1-4-9-18-19-10(20(9)5-6)11(14,15)7-2-3-8(13)17-16-7/h1-5H. The molecule has 5 nitrogen and oxygen atoms in total. The largest absolute Gasteiger partial charge is 0.350 e. The highest BCUT2D eigenvalue weighted by atomic mass is 35.5. The fourth-order valence-electron chi connectivity index (χ4n) is 1.72. The van der Waals surface area contributed by atoms with Crippen LogP contribution in [0.1, 0.15) is 11.5 Å². The summed E-state index contributed by atoms with van der Waals surface area (Å²) < 4.78 is 29.9. The number of alkyl halides is 2. The first-order chi connectivity index (χ1) is 9.48. The van der Waals surface area contributed by atoms with Crippen LogP contribution in [0, 0.1) is 0 Å². The molecule has 3 heterocycles. The van der Waals surface area contributed by atoms with Crippen LogP contribution in [-0.4, -0.2) is 32.6 Å². The molecular formula is C11H5BClF2N5. The maximum atomic E-state index is 14.4. The molecule has 0 aliphatic carbocycles. The number of hydrogen-bond donors (Lipinski definition) is 0. The first kappa shape index (κ1) is 12.9. The minimum Gasteiger partial charge on any atom is -0.282 e. The molecular weight excluding hydrogens is 286 g/mol. The van der Waals surface area contributed by atoms with Crippen molar-refractivity contribution in [2.24, 2.45) is 0 Å². The maximum Gasteiger partial charge on any atom is 0.350 e. The summed E-state index contributed by atoms with van der Waals surface area (Å²) in [5.74, 6) is -4.05. The molecule has 2 radical (unpaired) electrons. The predicted octanol–water partition coefficient (Wildman–Crippen LogP) is 1.11. The van der Waals surface area contributed by atoms with Crippen LogP contribution in [0.5, 0.6) is 0 Å². The van der Waals surface area contributed by atoms with Gasteiger partial charge in [0.25, 0.3) is 0 Å². The average molecular weight is 291 g/mol. The van der Waals surface area contributed by atoms with Gasteiger partial charge in [-0.15, -0.1) is 20.4 Å². The van der Waals surface area contributed by atoms with Crippen LogP contribution >= 0.6 is 11.6 Å². The van der Waals surface area contributed by atoms with E-state index < -0.39 is 17.4 Å². The highest BCUT2D eigenvalue weighted by molar-refractivity contribution is 6.32. The lowest BCUT2D eigenvalue weighted by atomic mass is 9.99. The minimum atomic E-state index is -3.47. The van der Waals surface area contributed by atoms with Gasteiger partial charge in [0.2, 0.25) is 5.82 Å². The summed E-state index contributed by atoms with van der Waals surface area (Å²) in [6, 6.07) is 5.36. The molecule has 0 bridgehead atoms. The number of rotatable bonds is 2. The molecule has 0 unspecified atom stereocenters. The van der Waals surface area contributed by atoms with E-state index in [4.69, 9.17) is 19.4 Å². The zero-order chi connectivity index (χ0) is 14.3. The van der Waals surface area contributed by atoms with Gasteiger partial charge in [0, 0.05) is 6.20 Å². The molecule has 0 saturated heterocycles. The van der Waals surface area contributed by atoms with Crippen molar-refractivity contribution in [2.75, 3.05) is 0 Å². The number of fused-ring (bicyclic) bond motifs is 1. The van der Waals surface area contributed by atoms with Crippen LogP contribution < -0.4 is 5.46 Å². The lowest BCUT2D eigenvalue weighted by Crippen LogP contribution is -2.22. The number of hydrogen-bond acceptors (Lipinski definition) is 4. The van der Waals surface area contributed by atoms with E-state index in [0.717, 1.165) is 10.5 Å². The van der Waals surface area contributed by atoms with Gasteiger partial charge >= 0.3 is 5.92 Å². The van der Waals surface area contributed by atoms with Gasteiger partial charge in [-0.2, -0.15) is 8.78 Å². The topological polar surface area (TPSA) is 56.0 Å². The van der Waals surface area contributed by atoms with Gasteiger partial charge in [0.05, 0.1) is 0 Å². The third-order valence-electron chi connectivity index (χ3n) is 2.66. The molecule has 0 aromatic carbocycles. The SMILES string of the molecule is [B]c1ccc2nnc(C(F)(F)c3ccc(Cl)nn3)n2c1. The lowest BCUT2D eigenvalue weighted by molar-refractivity contribution is 0.0261. The maximum absolute atomic E-state index is 14.4. The van der Waals surface area contributed by atoms with Gasteiger partial charge in [-0.3, -0.25) is 4.40 Å². The molecule has 0 aliphatic rings. The van der Waals surface area contributed by atoms with Gasteiger partial charge in [-0.25, -0.2) is 0 Å². The molecule has 0 aliphatic heterocycles. The average Bonchev–Trinajstić information content (AvgIpc) is 2.82. The summed E-state index contributed by atoms with van der Waals surface area (Å²) in [5.41, 5.74) is 0.00552. The Balaban J connectivity index is 2.17. The van der Waals surface area contributed by atoms with E-state index in [1.165, 1.54) is 18.3 Å². The first-order valence-electron chi connectivity index (χ1n) is 5.47. The van der Waals surface area contributed by atoms with Gasteiger partial charge in [0.15, 0.2) is 10.8 Å². The Morgan fingerprint density at radius 2 is 1.85 bits per heavy atom. The van der Waals surface area contributed by atoms with Gasteiger partial charge in [0.1, 0.15) is 13.5 Å². The normalized spacial score (nSPS) is 11.9. The van der Waals surface area contributed by atoms with Gasteiger partial charge < -0.3 is 0 Å². The molecule has 98 valence electrons. The Morgan fingerprint density at radius 1 is 1.05 bits per heavy atom. The Kier molecular flexibility index (Phi) is 2.90. The summed E-state index contributed by atoms with van der Waals surface area (Å²) in [6.07, 6.45) is 1.32. The van der Waals surface area contributed by atoms with Crippen molar-refractivity contribution >= 4 is 30.6 Å². The van der Waals surface area contributed by atoms with Crippen molar-refractivity contribution in [1.82, 2.24) is 24.8 Å². The molecule has 0 N–H and O–H groups in total. The predicted molar refractivity (Wildman–Crippen MR) is 68.4 cm³/mol. The number of aromatic nitrogens is 5. The zero-order valence-electron chi connectivity index (χ0n) is 9.83. The number of pyridine rings is 1. The van der Waals surface area contributed by atoms with Crippen LogP contribution in [0.15, 0.2) is 30.5 Å². The molecule has 0 amide bonds. The van der Waals surface area contributed by atoms with E-state index in [1.54, 1.807) is 6.07 Å². The summed E-state index contributed by atoms with van der Waals surface area (Å²) in [7, 11) is 5.59. The van der Waals surface area contributed by atoms with Crippen molar-refractivity contribution in [3.8, 4) is 0 Å². The van der Waals surface area contributed by atoms with E-state index in [0.29, 0.717) is 5.46 Å². The van der Waals surface area contributed by atoms with Crippen molar-refractivity contribution in [3.05, 3.63) is 47.1 Å². The summed E-state index contributed by atoms with van der Waals surface area (Å²) >= 11 is 5.53. The highest BCUT2D eigenvalue weighted by Crippen LogP contribution is 2.32. The zero-order valence-corrected chi connectivity index (χ0v) is 10.6. The Hall–Kier alpha value is -2.09. The first-order valence-corrected chi connectivity index (χ1v) is 5.84. The van der Waals surface area contributed by atoms with Gasteiger partial charge in [-0.05, 0) is 18.2 Å². The van der Waals surface area contributed by atoms with Gasteiger partial charge in [-0.1, -0.05) is 23.1 Å². The van der Waals surface area contributed by atoms with E-state index in [9.17, 15) is 8.78 Å². The van der Waals surface area contributed by atoms with E-state index >= 15 is 0 Å². The quantitative estimate of drug-likeness (QED) is 0.664. The smallest absolute Gasteiger partial charge is 0.282 e. The Bertz CT molecular complexity index is 774. The van der Waals surface area contributed by atoms with Crippen LogP contribution in [-0.2, 0) is 5.92 Å². The van der Waals surface area contributed by atoms with E-state index in [-0.39, 0.29) is 10.8 Å². The molecule has 0 fully saturated rings. The van der Waals surface area contributed by atoms with Crippen LogP contribution in [0.4, 0.5) is 8.78 Å². The molecule has 3 aromatic rings. The molecule has 0 saturated carbocycles. The van der Waals surface area contributed by atoms with Crippen molar-refractivity contribution in [2.45, 2.75) is 5.92 Å². The molecule has 0 atom stereocenters. The van der Waals surface area contributed by atoms with E-state index in [1.807, 2.05) is 0 Å². The number of nitrogens with zero attached hydrogens (tertiary/aromatic N) is 5. The second kappa shape index (κ2) is 4.48. The van der Waals surface area contributed by atoms with E-state index in [2.05, 4.69) is 20.4 Å². The third-order valence-corrected chi connectivity index (χ3v) is 2.86.